The fourth-order valence-corrected chi connectivity index (χ4v) is 4.08. The van der Waals surface area contributed by atoms with Crippen LogP contribution in [0.25, 0.3) is 22.2 Å². The van der Waals surface area contributed by atoms with Crippen molar-refractivity contribution in [2.45, 2.75) is 13.8 Å². The first-order chi connectivity index (χ1) is 17.2. The molecule has 0 spiro atoms. The highest BCUT2D eigenvalue weighted by Crippen LogP contribution is 2.38. The summed E-state index contributed by atoms with van der Waals surface area (Å²) in [6.07, 6.45) is 3.44. The van der Waals surface area contributed by atoms with Crippen molar-refractivity contribution in [3.05, 3.63) is 90.4 Å². The maximum atomic E-state index is 11.0. The highest BCUT2D eigenvalue weighted by molar-refractivity contribution is 6.22. The zero-order valence-corrected chi connectivity index (χ0v) is 19.6. The standard InChI is InChI=1S/C28H26N4O3/c1-3-34-24-14-21-22(15-25(24)35-4-2)32-28(33)26(21)27(19-8-6-5-7-9-19)31-20-12-10-18(11-13-20)23-16-29-17-30-23/h5-17,32-33H,3-4H2,1-2H3,(H,29,30). The van der Waals surface area contributed by atoms with Crippen LogP contribution in [-0.4, -0.2) is 39.0 Å². The summed E-state index contributed by atoms with van der Waals surface area (Å²) in [7, 11) is 0. The fraction of sp³-hybridized carbons (Fsp3) is 0.143. The van der Waals surface area contributed by atoms with Gasteiger partial charge in [0.1, 0.15) is 0 Å². The van der Waals surface area contributed by atoms with Gasteiger partial charge in [0.05, 0.1) is 53.9 Å². The Labute approximate surface area is 203 Å². The number of ether oxygens (including phenoxy) is 2. The van der Waals surface area contributed by atoms with Crippen LogP contribution in [0.15, 0.2) is 84.2 Å². The Morgan fingerprint density at radius 3 is 2.31 bits per heavy atom. The first-order valence-corrected chi connectivity index (χ1v) is 11.6. The lowest BCUT2D eigenvalue weighted by Crippen LogP contribution is -2.03. The third-order valence-electron chi connectivity index (χ3n) is 5.64. The highest BCUT2D eigenvalue weighted by Gasteiger charge is 2.21. The molecule has 0 aliphatic rings. The molecule has 176 valence electrons. The average molecular weight is 467 g/mol. The summed E-state index contributed by atoms with van der Waals surface area (Å²) in [4.78, 5) is 15.3. The number of nitrogens with zero attached hydrogens (tertiary/aromatic N) is 2. The first-order valence-electron chi connectivity index (χ1n) is 11.6. The lowest BCUT2D eigenvalue weighted by atomic mass is 10.0. The van der Waals surface area contributed by atoms with E-state index in [0.717, 1.165) is 33.4 Å². The minimum atomic E-state index is 0.0350. The highest BCUT2D eigenvalue weighted by atomic mass is 16.5. The monoisotopic (exact) mass is 466 g/mol. The Kier molecular flexibility index (Phi) is 6.22. The molecule has 0 aliphatic heterocycles. The van der Waals surface area contributed by atoms with Crippen LogP contribution < -0.4 is 9.47 Å². The number of rotatable bonds is 8. The van der Waals surface area contributed by atoms with E-state index >= 15 is 0 Å². The molecule has 7 nitrogen and oxygen atoms in total. The smallest absolute Gasteiger partial charge is 0.199 e. The molecule has 2 heterocycles. The second-order valence-corrected chi connectivity index (χ2v) is 7.90. The van der Waals surface area contributed by atoms with Gasteiger partial charge in [-0.25, -0.2) is 9.98 Å². The number of imidazole rings is 1. The Hall–Kier alpha value is -4.52. The molecular formula is C28H26N4O3. The zero-order chi connectivity index (χ0) is 24.2. The van der Waals surface area contributed by atoms with Crippen molar-refractivity contribution < 1.29 is 14.6 Å². The Morgan fingerprint density at radius 1 is 0.943 bits per heavy atom. The van der Waals surface area contributed by atoms with Gasteiger partial charge in [0.2, 0.25) is 0 Å². The van der Waals surface area contributed by atoms with Crippen molar-refractivity contribution in [1.29, 1.82) is 0 Å². The number of aromatic hydroxyl groups is 1. The maximum absolute atomic E-state index is 11.0. The Bertz CT molecular complexity index is 1450. The van der Waals surface area contributed by atoms with E-state index in [4.69, 9.17) is 14.5 Å². The molecule has 7 heteroatoms. The molecule has 0 amide bonds. The van der Waals surface area contributed by atoms with Gasteiger partial charge < -0.3 is 24.5 Å². The molecule has 2 aromatic heterocycles. The molecular weight excluding hydrogens is 440 g/mol. The van der Waals surface area contributed by atoms with Gasteiger partial charge >= 0.3 is 0 Å². The van der Waals surface area contributed by atoms with Crippen molar-refractivity contribution >= 4 is 22.3 Å². The number of benzene rings is 3. The molecule has 0 atom stereocenters. The van der Waals surface area contributed by atoms with Crippen LogP contribution >= 0.6 is 0 Å². The van der Waals surface area contributed by atoms with E-state index in [2.05, 4.69) is 15.0 Å². The summed E-state index contributed by atoms with van der Waals surface area (Å²) in [5.41, 5.74) is 5.59. The summed E-state index contributed by atoms with van der Waals surface area (Å²) < 4.78 is 11.6. The summed E-state index contributed by atoms with van der Waals surface area (Å²) >= 11 is 0. The van der Waals surface area contributed by atoms with E-state index < -0.39 is 0 Å². The molecule has 0 saturated heterocycles. The molecule has 3 aromatic carbocycles. The number of hydrogen-bond donors (Lipinski definition) is 3. The van der Waals surface area contributed by atoms with E-state index in [9.17, 15) is 5.11 Å². The normalized spacial score (nSPS) is 11.7. The van der Waals surface area contributed by atoms with Crippen molar-refractivity contribution in [3.8, 4) is 28.6 Å². The van der Waals surface area contributed by atoms with Crippen molar-refractivity contribution in [3.63, 3.8) is 0 Å². The van der Waals surface area contributed by atoms with Gasteiger partial charge in [-0.05, 0) is 37.6 Å². The van der Waals surface area contributed by atoms with Crippen LogP contribution in [0.4, 0.5) is 5.69 Å². The molecule has 0 aliphatic carbocycles. The van der Waals surface area contributed by atoms with Crippen molar-refractivity contribution in [2.75, 3.05) is 13.2 Å². The van der Waals surface area contributed by atoms with E-state index in [1.54, 1.807) is 12.5 Å². The Morgan fingerprint density at radius 2 is 1.66 bits per heavy atom. The van der Waals surface area contributed by atoms with Gasteiger partial charge in [0.15, 0.2) is 17.4 Å². The molecule has 0 saturated carbocycles. The minimum absolute atomic E-state index is 0.0350. The van der Waals surface area contributed by atoms with E-state index in [-0.39, 0.29) is 5.88 Å². The second kappa shape index (κ2) is 9.77. The SMILES string of the molecule is CCOc1cc2[nH]c(O)c(C(=Nc3ccc(-c4cnc[nH]4)cc3)c3ccccc3)c2cc1OCC. The van der Waals surface area contributed by atoms with Crippen LogP contribution in [0.1, 0.15) is 25.0 Å². The number of fused-ring (bicyclic) bond motifs is 1. The zero-order valence-electron chi connectivity index (χ0n) is 19.6. The lowest BCUT2D eigenvalue weighted by molar-refractivity contribution is 0.288. The summed E-state index contributed by atoms with van der Waals surface area (Å²) in [6, 6.07) is 21.5. The molecule has 0 unspecified atom stereocenters. The van der Waals surface area contributed by atoms with Crippen LogP contribution in [0, 0.1) is 0 Å². The van der Waals surface area contributed by atoms with Crippen LogP contribution in [0.3, 0.4) is 0 Å². The minimum Gasteiger partial charge on any atom is -0.494 e. The predicted molar refractivity (Wildman–Crippen MR) is 138 cm³/mol. The van der Waals surface area contributed by atoms with Crippen molar-refractivity contribution in [1.82, 2.24) is 15.0 Å². The van der Waals surface area contributed by atoms with E-state index in [0.29, 0.717) is 36.0 Å². The number of hydrogen-bond acceptors (Lipinski definition) is 5. The van der Waals surface area contributed by atoms with Gasteiger partial charge in [-0.2, -0.15) is 0 Å². The molecule has 0 radical (unpaired) electrons. The summed E-state index contributed by atoms with van der Waals surface area (Å²) in [5.74, 6) is 1.29. The van der Waals surface area contributed by atoms with Crippen LogP contribution in [0.2, 0.25) is 0 Å². The third kappa shape index (κ3) is 4.48. The maximum Gasteiger partial charge on any atom is 0.199 e. The molecule has 35 heavy (non-hydrogen) atoms. The predicted octanol–water partition coefficient (Wildman–Crippen LogP) is 6.23. The largest absolute Gasteiger partial charge is 0.494 e. The molecule has 0 fully saturated rings. The number of aromatic amines is 2. The van der Waals surface area contributed by atoms with E-state index in [1.807, 2.05) is 80.6 Å². The molecule has 5 aromatic rings. The van der Waals surface area contributed by atoms with Gasteiger partial charge in [-0.3, -0.25) is 0 Å². The van der Waals surface area contributed by atoms with Gasteiger partial charge in [-0.15, -0.1) is 0 Å². The summed E-state index contributed by atoms with van der Waals surface area (Å²) in [6.45, 7) is 4.87. The van der Waals surface area contributed by atoms with Gasteiger partial charge in [-0.1, -0.05) is 42.5 Å². The number of aromatic nitrogens is 3. The molecule has 3 N–H and O–H groups in total. The quantitative estimate of drug-likeness (QED) is 0.236. The number of H-pyrrole nitrogens is 2. The number of aliphatic imine (C=N–C) groups is 1. The van der Waals surface area contributed by atoms with E-state index in [1.165, 1.54) is 0 Å². The van der Waals surface area contributed by atoms with Crippen LogP contribution in [-0.2, 0) is 0 Å². The topological polar surface area (TPSA) is 95.5 Å². The third-order valence-corrected chi connectivity index (χ3v) is 5.64. The molecule has 0 bridgehead atoms. The molecule has 5 rings (SSSR count). The van der Waals surface area contributed by atoms with Gasteiger partial charge in [0, 0.05) is 17.0 Å². The second-order valence-electron chi connectivity index (χ2n) is 7.90. The first kappa shape index (κ1) is 22.3. The van der Waals surface area contributed by atoms with Gasteiger partial charge in [0.25, 0.3) is 0 Å². The lowest BCUT2D eigenvalue weighted by Gasteiger charge is -2.12. The Balaban J connectivity index is 1.67. The fourth-order valence-electron chi connectivity index (χ4n) is 4.08. The number of nitrogens with one attached hydrogen (secondary N) is 2. The average Bonchev–Trinajstić information content (AvgIpc) is 3.52. The van der Waals surface area contributed by atoms with Crippen molar-refractivity contribution in [2.24, 2.45) is 4.99 Å². The van der Waals surface area contributed by atoms with Crippen LogP contribution in [0.5, 0.6) is 17.4 Å². The summed E-state index contributed by atoms with van der Waals surface area (Å²) in [5, 5.41) is 11.8.